The van der Waals surface area contributed by atoms with Crippen LogP contribution in [0.2, 0.25) is 0 Å². The highest BCUT2D eigenvalue weighted by Gasteiger charge is 2.10. The second kappa shape index (κ2) is 42.1. The van der Waals surface area contributed by atoms with Gasteiger partial charge in [0.1, 0.15) is 0 Å². The standard InChI is InChI=1S/3C5H9N.2C4H7N.C3H5N/c1-5(2,3)6-4;1-4-5(2)6-3;1-3-4-5-6-2;1-4(2)3-5;1-3-4-5-2;1-3-4-2/h1-3H3;5H,4H2,1-2H3;3-5H2,1H3;4H,1-2H3;3-4H2,1H3;3H2,1H3. The quantitative estimate of drug-likeness (QED) is 0.318. The third-order valence-corrected chi connectivity index (χ3v) is 2.52. The number of hydrogen-bond acceptors (Lipinski definition) is 1. The molecule has 6 nitrogen and oxygen atoms in total. The number of hydrogen-bond donors (Lipinski definition) is 0. The van der Waals surface area contributed by atoms with Crippen LogP contribution in [0.15, 0.2) is 0 Å². The van der Waals surface area contributed by atoms with Crippen molar-refractivity contribution in [2.45, 2.75) is 107 Å². The van der Waals surface area contributed by atoms with Crippen molar-refractivity contribution in [1.29, 1.82) is 5.26 Å². The van der Waals surface area contributed by atoms with Gasteiger partial charge in [-0.1, -0.05) is 20.8 Å². The van der Waals surface area contributed by atoms with Gasteiger partial charge in [0, 0.05) is 59.8 Å². The summed E-state index contributed by atoms with van der Waals surface area (Å²) in [5, 5.41) is 7.89. The van der Waals surface area contributed by atoms with E-state index in [4.69, 9.17) is 38.1 Å². The third-order valence-electron chi connectivity index (χ3n) is 2.52. The molecule has 0 spiro atoms. The van der Waals surface area contributed by atoms with Crippen LogP contribution in [0.4, 0.5) is 0 Å². The summed E-state index contributed by atoms with van der Waals surface area (Å²) in [6.07, 6.45) is 4.17. The van der Waals surface area contributed by atoms with Crippen LogP contribution < -0.4 is 0 Å². The zero-order valence-electron chi connectivity index (χ0n) is 22.3. The lowest BCUT2D eigenvalue weighted by atomic mass is 10.1. The Hall–Kier alpha value is -3.06. The first-order valence-corrected chi connectivity index (χ1v) is 11.0. The zero-order valence-corrected chi connectivity index (χ0v) is 22.3. The lowest BCUT2D eigenvalue weighted by Crippen LogP contribution is -2.04. The summed E-state index contributed by atoms with van der Waals surface area (Å²) in [7, 11) is 0. The van der Waals surface area contributed by atoms with Crippen LogP contribution in [-0.2, 0) is 0 Å². The fourth-order valence-electron chi connectivity index (χ4n) is 0.440. The van der Waals surface area contributed by atoms with E-state index in [1.807, 2.05) is 68.4 Å². The predicted octanol–water partition coefficient (Wildman–Crippen LogP) is 8.52. The van der Waals surface area contributed by atoms with E-state index < -0.39 is 0 Å². The molecule has 0 bridgehead atoms. The number of rotatable bonds is 4. The Kier molecular flexibility index (Phi) is 56.5. The normalized spacial score (nSPS) is 8.53. The summed E-state index contributed by atoms with van der Waals surface area (Å²) in [5.41, 5.74) is -0.167. The van der Waals surface area contributed by atoms with Gasteiger partial charge in [0.05, 0.1) is 6.07 Å². The molecule has 0 aliphatic heterocycles. The van der Waals surface area contributed by atoms with E-state index in [0.717, 1.165) is 25.7 Å². The molecule has 0 amide bonds. The minimum absolute atomic E-state index is 0.167. The summed E-state index contributed by atoms with van der Waals surface area (Å²) in [6, 6.07) is 2.25. The first-order valence-electron chi connectivity index (χ1n) is 11.0. The molecule has 0 aliphatic carbocycles. The highest BCUT2D eigenvalue weighted by Crippen LogP contribution is 2.03. The van der Waals surface area contributed by atoms with E-state index in [9.17, 15) is 0 Å². The second-order valence-electron chi connectivity index (χ2n) is 7.54. The fourth-order valence-corrected chi connectivity index (χ4v) is 0.440. The molecule has 0 saturated carbocycles. The van der Waals surface area contributed by atoms with E-state index >= 15 is 0 Å². The maximum atomic E-state index is 7.89. The number of nitrogens with zero attached hydrogens (tertiary/aromatic N) is 6. The maximum Gasteiger partial charge on any atom is 0.224 e. The van der Waals surface area contributed by atoms with Crippen molar-refractivity contribution in [3.8, 4) is 6.07 Å². The molecule has 0 aromatic heterocycles. The van der Waals surface area contributed by atoms with Crippen molar-refractivity contribution in [3.63, 3.8) is 0 Å². The molecule has 6 heteroatoms. The summed E-state index contributed by atoms with van der Waals surface area (Å²) < 4.78 is 0. The van der Waals surface area contributed by atoms with Crippen LogP contribution >= 0.6 is 0 Å². The van der Waals surface area contributed by atoms with Crippen molar-refractivity contribution in [2.24, 2.45) is 5.92 Å². The maximum absolute atomic E-state index is 7.89. The van der Waals surface area contributed by atoms with Gasteiger partial charge in [-0.3, -0.25) is 0 Å². The molecule has 0 fully saturated rings. The molecule has 0 heterocycles. The van der Waals surface area contributed by atoms with Gasteiger partial charge in [-0.25, -0.2) is 32.9 Å². The molecule has 0 aromatic rings. The van der Waals surface area contributed by atoms with Gasteiger partial charge in [-0.15, -0.1) is 0 Å². The van der Waals surface area contributed by atoms with Gasteiger partial charge in [0.2, 0.25) is 31.2 Å². The predicted molar refractivity (Wildman–Crippen MR) is 138 cm³/mol. The van der Waals surface area contributed by atoms with Gasteiger partial charge in [-0.2, -0.15) is 5.26 Å². The summed E-state index contributed by atoms with van der Waals surface area (Å²) in [6.45, 7) is 52.8. The minimum Gasteiger partial charge on any atom is -0.317 e. The van der Waals surface area contributed by atoms with Crippen LogP contribution in [0.5, 0.6) is 0 Å². The van der Waals surface area contributed by atoms with Crippen molar-refractivity contribution < 1.29 is 0 Å². The minimum atomic E-state index is -0.167. The van der Waals surface area contributed by atoms with E-state index in [1.54, 1.807) is 0 Å². The molecule has 0 aromatic carbocycles. The number of nitriles is 1. The Balaban J connectivity index is -0.0000000637. The SMILES string of the molecule is CC(C)C#N.[C-]#[N+]C(C)(C)C.[C-]#[N+]C(C)CC.[C-]#[N+]CC.[C-]#[N+]CCC.[C-]#[N+]CCCC. The van der Waals surface area contributed by atoms with Crippen molar-refractivity contribution >= 4 is 0 Å². The molecule has 0 aliphatic rings. The molecule has 0 rings (SSSR count). The largest absolute Gasteiger partial charge is 0.317 e. The molecule has 0 saturated heterocycles. The van der Waals surface area contributed by atoms with Gasteiger partial charge < -0.3 is 24.2 Å². The van der Waals surface area contributed by atoms with Gasteiger partial charge in [0.15, 0.2) is 0 Å². The molecule has 0 N–H and O–H groups in total. The van der Waals surface area contributed by atoms with E-state index in [-0.39, 0.29) is 17.5 Å². The van der Waals surface area contributed by atoms with E-state index in [2.05, 4.69) is 31.1 Å². The van der Waals surface area contributed by atoms with E-state index in [0.29, 0.717) is 19.6 Å². The number of unbranched alkanes of at least 4 members (excludes halogenated alkanes) is 1. The van der Waals surface area contributed by atoms with Crippen LogP contribution in [0.3, 0.4) is 0 Å². The fraction of sp³-hybridized carbons (Fsp3) is 0.769. The molecule has 1 atom stereocenters. The first kappa shape index (κ1) is 42.9. The average molecular weight is 443 g/mol. The molecule has 1 unspecified atom stereocenters. The Morgan fingerprint density at radius 2 is 1.16 bits per heavy atom. The summed E-state index contributed by atoms with van der Waals surface area (Å²) in [5.74, 6) is 0.190. The second-order valence-corrected chi connectivity index (χ2v) is 7.54. The Labute approximate surface area is 200 Å². The summed E-state index contributed by atoms with van der Waals surface area (Å²) >= 11 is 0. The Bertz CT molecular complexity index is 590. The molecule has 32 heavy (non-hydrogen) atoms. The third kappa shape index (κ3) is 127. The van der Waals surface area contributed by atoms with Crippen LogP contribution in [0.25, 0.3) is 24.2 Å². The average Bonchev–Trinajstić information content (AvgIpc) is 2.78. The molecule has 180 valence electrons. The van der Waals surface area contributed by atoms with E-state index in [1.165, 1.54) is 0 Å². The Morgan fingerprint density at radius 1 is 0.781 bits per heavy atom. The topological polar surface area (TPSA) is 45.6 Å². The highest BCUT2D eigenvalue weighted by molar-refractivity contribution is 4.83. The zero-order chi connectivity index (χ0) is 26.8. The van der Waals surface area contributed by atoms with Gasteiger partial charge in [-0.05, 0) is 20.3 Å². The van der Waals surface area contributed by atoms with Crippen molar-refractivity contribution in [3.05, 3.63) is 57.1 Å². The van der Waals surface area contributed by atoms with Gasteiger partial charge in [0.25, 0.3) is 0 Å². The molecule has 0 radical (unpaired) electrons. The van der Waals surface area contributed by atoms with Crippen molar-refractivity contribution in [1.82, 2.24) is 0 Å². The molecular formula is C26H46N6. The highest BCUT2D eigenvalue weighted by atomic mass is 14.7. The van der Waals surface area contributed by atoms with Crippen molar-refractivity contribution in [2.75, 3.05) is 19.6 Å². The van der Waals surface area contributed by atoms with Gasteiger partial charge >= 0.3 is 0 Å². The lowest BCUT2D eigenvalue weighted by molar-refractivity contribution is 0.688. The van der Waals surface area contributed by atoms with Crippen LogP contribution in [0, 0.1) is 50.1 Å². The molecular weight excluding hydrogens is 396 g/mol. The summed E-state index contributed by atoms with van der Waals surface area (Å²) in [4.78, 5) is 15.8. The van der Waals surface area contributed by atoms with Crippen LogP contribution in [0.1, 0.15) is 94.9 Å². The Morgan fingerprint density at radius 3 is 1.19 bits per heavy atom. The lowest BCUT2D eigenvalue weighted by Gasteiger charge is -1.97. The smallest absolute Gasteiger partial charge is 0.224 e. The first-order chi connectivity index (χ1) is 14.9. The van der Waals surface area contributed by atoms with Crippen LogP contribution in [-0.4, -0.2) is 31.2 Å². The monoisotopic (exact) mass is 442 g/mol.